The van der Waals surface area contributed by atoms with Crippen LogP contribution in [0.1, 0.15) is 35.2 Å². The standard InChI is InChI=1S/C19H21FN2OS/c20-16-3-1-15(2-4-16)18(23)22(12-14-5-10-24-13-14)17-11-19(17)6-8-21-9-7-19/h1-5,10,13,17,21H,6-9,11-12H2. The van der Waals surface area contributed by atoms with Gasteiger partial charge in [0.05, 0.1) is 0 Å². The third kappa shape index (κ3) is 2.98. The van der Waals surface area contributed by atoms with E-state index in [9.17, 15) is 9.18 Å². The molecular formula is C19H21FN2OS. The number of halogens is 1. The molecule has 2 aromatic rings. The molecule has 1 aromatic heterocycles. The summed E-state index contributed by atoms with van der Waals surface area (Å²) in [5.74, 6) is -0.293. The minimum Gasteiger partial charge on any atom is -0.331 e. The van der Waals surface area contributed by atoms with Crippen molar-refractivity contribution >= 4 is 17.2 Å². The molecule has 0 radical (unpaired) electrons. The van der Waals surface area contributed by atoms with Crippen LogP contribution < -0.4 is 5.32 Å². The summed E-state index contributed by atoms with van der Waals surface area (Å²) in [6.07, 6.45) is 3.36. The Labute approximate surface area is 145 Å². The van der Waals surface area contributed by atoms with E-state index in [-0.39, 0.29) is 17.1 Å². The van der Waals surface area contributed by atoms with Crippen molar-refractivity contribution in [2.45, 2.75) is 31.8 Å². The van der Waals surface area contributed by atoms with E-state index < -0.39 is 0 Å². The molecular weight excluding hydrogens is 323 g/mol. The fourth-order valence-corrected chi connectivity index (χ4v) is 4.55. The van der Waals surface area contributed by atoms with Crippen LogP contribution >= 0.6 is 11.3 Å². The fraction of sp³-hybridized carbons (Fsp3) is 0.421. The van der Waals surface area contributed by atoms with Gasteiger partial charge in [-0.15, -0.1) is 0 Å². The molecule has 1 atom stereocenters. The van der Waals surface area contributed by atoms with Crippen molar-refractivity contribution in [3.63, 3.8) is 0 Å². The van der Waals surface area contributed by atoms with E-state index >= 15 is 0 Å². The molecule has 0 bridgehead atoms. The highest BCUT2D eigenvalue weighted by Gasteiger charge is 2.57. The van der Waals surface area contributed by atoms with E-state index in [4.69, 9.17) is 0 Å². The van der Waals surface area contributed by atoms with Gasteiger partial charge in [0.1, 0.15) is 5.82 Å². The largest absolute Gasteiger partial charge is 0.331 e. The molecule has 1 aliphatic heterocycles. The van der Waals surface area contributed by atoms with Crippen molar-refractivity contribution in [1.82, 2.24) is 10.2 Å². The highest BCUT2D eigenvalue weighted by atomic mass is 32.1. The number of nitrogens with zero attached hydrogens (tertiary/aromatic N) is 1. The molecule has 126 valence electrons. The van der Waals surface area contributed by atoms with Crippen molar-refractivity contribution in [2.24, 2.45) is 5.41 Å². The molecule has 1 spiro atoms. The zero-order valence-electron chi connectivity index (χ0n) is 13.5. The van der Waals surface area contributed by atoms with Gasteiger partial charge >= 0.3 is 0 Å². The van der Waals surface area contributed by atoms with Gasteiger partial charge in [-0.25, -0.2) is 4.39 Å². The summed E-state index contributed by atoms with van der Waals surface area (Å²) in [6.45, 7) is 2.71. The number of amides is 1. The summed E-state index contributed by atoms with van der Waals surface area (Å²) in [6, 6.07) is 8.29. The Balaban J connectivity index is 1.58. The van der Waals surface area contributed by atoms with E-state index in [0.717, 1.165) is 32.4 Å². The van der Waals surface area contributed by atoms with E-state index in [1.807, 2.05) is 10.3 Å². The minimum atomic E-state index is -0.308. The average Bonchev–Trinajstić information content (AvgIpc) is 3.04. The Kier molecular flexibility index (Phi) is 4.14. The topological polar surface area (TPSA) is 32.3 Å². The third-order valence-electron chi connectivity index (χ3n) is 5.41. The second kappa shape index (κ2) is 6.30. The number of nitrogens with one attached hydrogen (secondary N) is 1. The second-order valence-corrected chi connectivity index (χ2v) is 7.68. The molecule has 24 heavy (non-hydrogen) atoms. The number of benzene rings is 1. The minimum absolute atomic E-state index is 0.0154. The summed E-state index contributed by atoms with van der Waals surface area (Å²) >= 11 is 1.65. The summed E-state index contributed by atoms with van der Waals surface area (Å²) in [5, 5.41) is 7.55. The van der Waals surface area contributed by atoms with Crippen LogP contribution in [0.3, 0.4) is 0 Å². The number of carbonyl (C=O) groups is 1. The van der Waals surface area contributed by atoms with Crippen molar-refractivity contribution in [1.29, 1.82) is 0 Å². The van der Waals surface area contributed by atoms with Gasteiger partial charge in [-0.1, -0.05) is 0 Å². The molecule has 1 unspecified atom stereocenters. The predicted molar refractivity (Wildman–Crippen MR) is 93.5 cm³/mol. The first-order chi connectivity index (χ1) is 11.7. The number of hydrogen-bond donors (Lipinski definition) is 1. The zero-order chi connectivity index (χ0) is 16.6. The summed E-state index contributed by atoms with van der Waals surface area (Å²) in [7, 11) is 0. The van der Waals surface area contributed by atoms with E-state index in [2.05, 4.69) is 16.8 Å². The lowest BCUT2D eigenvalue weighted by Crippen LogP contribution is -2.39. The van der Waals surface area contributed by atoms with Gasteiger partial charge in [-0.2, -0.15) is 11.3 Å². The van der Waals surface area contributed by atoms with Crippen molar-refractivity contribution < 1.29 is 9.18 Å². The number of piperidine rings is 1. The molecule has 1 aliphatic carbocycles. The maximum atomic E-state index is 13.2. The molecule has 1 saturated carbocycles. The second-order valence-electron chi connectivity index (χ2n) is 6.90. The number of carbonyl (C=O) groups excluding carboxylic acids is 1. The highest BCUT2D eigenvalue weighted by Crippen LogP contribution is 2.56. The number of thiophene rings is 1. The lowest BCUT2D eigenvalue weighted by Gasteiger charge is -2.29. The average molecular weight is 344 g/mol. The van der Waals surface area contributed by atoms with Gasteiger partial charge in [0.25, 0.3) is 5.91 Å². The molecule has 2 fully saturated rings. The van der Waals surface area contributed by atoms with Crippen LogP contribution in [0.5, 0.6) is 0 Å². The lowest BCUT2D eigenvalue weighted by molar-refractivity contribution is 0.0692. The summed E-state index contributed by atoms with van der Waals surface area (Å²) < 4.78 is 13.2. The van der Waals surface area contributed by atoms with Crippen LogP contribution in [0.25, 0.3) is 0 Å². The van der Waals surface area contributed by atoms with Gasteiger partial charge in [0.15, 0.2) is 0 Å². The maximum absolute atomic E-state index is 13.2. The van der Waals surface area contributed by atoms with Crippen molar-refractivity contribution in [3.05, 3.63) is 58.0 Å². The van der Waals surface area contributed by atoms with Crippen LogP contribution in [-0.4, -0.2) is 29.9 Å². The molecule has 2 aliphatic rings. The smallest absolute Gasteiger partial charge is 0.254 e. The van der Waals surface area contributed by atoms with Crippen LogP contribution in [-0.2, 0) is 6.54 Å². The van der Waals surface area contributed by atoms with Crippen molar-refractivity contribution in [2.75, 3.05) is 13.1 Å². The van der Waals surface area contributed by atoms with Gasteiger partial charge in [0.2, 0.25) is 0 Å². The molecule has 1 aromatic carbocycles. The van der Waals surface area contributed by atoms with Gasteiger partial charge in [0, 0.05) is 18.2 Å². The molecule has 1 saturated heterocycles. The fourth-order valence-electron chi connectivity index (χ4n) is 3.89. The van der Waals surface area contributed by atoms with Crippen LogP contribution in [0.4, 0.5) is 4.39 Å². The number of rotatable bonds is 4. The van der Waals surface area contributed by atoms with Gasteiger partial charge < -0.3 is 10.2 Å². The van der Waals surface area contributed by atoms with E-state index in [0.29, 0.717) is 18.2 Å². The Morgan fingerprint density at radius 3 is 2.67 bits per heavy atom. The monoisotopic (exact) mass is 344 g/mol. The van der Waals surface area contributed by atoms with Gasteiger partial charge in [-0.05, 0) is 84.4 Å². The Morgan fingerprint density at radius 1 is 1.25 bits per heavy atom. The Morgan fingerprint density at radius 2 is 2.00 bits per heavy atom. The predicted octanol–water partition coefficient (Wildman–Crippen LogP) is 3.67. The quantitative estimate of drug-likeness (QED) is 0.918. The first-order valence-corrected chi connectivity index (χ1v) is 9.41. The third-order valence-corrected chi connectivity index (χ3v) is 6.14. The number of hydrogen-bond acceptors (Lipinski definition) is 3. The molecule has 2 heterocycles. The van der Waals surface area contributed by atoms with Gasteiger partial charge in [-0.3, -0.25) is 4.79 Å². The lowest BCUT2D eigenvalue weighted by atomic mass is 9.93. The molecule has 4 rings (SSSR count). The molecule has 1 N–H and O–H groups in total. The normalized spacial score (nSPS) is 21.6. The zero-order valence-corrected chi connectivity index (χ0v) is 14.3. The van der Waals surface area contributed by atoms with E-state index in [1.165, 1.54) is 17.7 Å². The summed E-state index contributed by atoms with van der Waals surface area (Å²) in [5.41, 5.74) is 2.03. The van der Waals surface area contributed by atoms with Crippen molar-refractivity contribution in [3.8, 4) is 0 Å². The Hall–Kier alpha value is -1.72. The molecule has 5 heteroatoms. The summed E-state index contributed by atoms with van der Waals surface area (Å²) in [4.78, 5) is 15.1. The van der Waals surface area contributed by atoms with Crippen LogP contribution in [0, 0.1) is 11.2 Å². The highest BCUT2D eigenvalue weighted by molar-refractivity contribution is 7.07. The SMILES string of the molecule is O=C(c1ccc(F)cc1)N(Cc1ccsc1)C1CC12CCNCC2. The first kappa shape index (κ1) is 15.8. The Bertz CT molecular complexity index is 707. The maximum Gasteiger partial charge on any atom is 0.254 e. The van der Waals surface area contributed by atoms with E-state index in [1.54, 1.807) is 23.5 Å². The molecule has 3 nitrogen and oxygen atoms in total. The molecule has 1 amide bonds. The first-order valence-electron chi connectivity index (χ1n) is 8.46. The van der Waals surface area contributed by atoms with Crippen LogP contribution in [0.2, 0.25) is 0 Å². The van der Waals surface area contributed by atoms with Crippen LogP contribution in [0.15, 0.2) is 41.1 Å².